The second kappa shape index (κ2) is 8.12. The molecule has 3 rings (SSSR count). The fourth-order valence-electron chi connectivity index (χ4n) is 2.97. The molecule has 2 heterocycles. The lowest BCUT2D eigenvalue weighted by molar-refractivity contribution is -0.121. The van der Waals surface area contributed by atoms with Crippen molar-refractivity contribution in [2.24, 2.45) is 0 Å². The molecule has 0 bridgehead atoms. The Kier molecular flexibility index (Phi) is 5.66. The molecule has 2 amide bonds. The Hall–Kier alpha value is -2.40. The maximum Gasteiger partial charge on any atom is 0.255 e. The minimum Gasteiger partial charge on any atom is -0.353 e. The molecule has 0 atom stereocenters. The van der Waals surface area contributed by atoms with Crippen LogP contribution >= 0.6 is 11.6 Å². The monoisotopic (exact) mass is 357 g/mol. The maximum atomic E-state index is 12.4. The number of benzene rings is 1. The van der Waals surface area contributed by atoms with E-state index in [2.05, 4.69) is 10.3 Å². The van der Waals surface area contributed by atoms with Crippen LogP contribution in [0.15, 0.2) is 48.8 Å². The number of nitrogens with zero attached hydrogens (tertiary/aromatic N) is 2. The first-order valence-electron chi connectivity index (χ1n) is 8.35. The molecule has 1 aliphatic rings. The zero-order valence-corrected chi connectivity index (χ0v) is 14.6. The van der Waals surface area contributed by atoms with Gasteiger partial charge in [-0.2, -0.15) is 0 Å². The Morgan fingerprint density at radius 2 is 1.88 bits per heavy atom. The van der Waals surface area contributed by atoms with Gasteiger partial charge in [0.2, 0.25) is 5.91 Å². The summed E-state index contributed by atoms with van der Waals surface area (Å²) in [4.78, 5) is 30.4. The molecule has 1 aromatic carbocycles. The number of nitrogens with one attached hydrogen (secondary N) is 1. The molecule has 25 heavy (non-hydrogen) atoms. The van der Waals surface area contributed by atoms with E-state index >= 15 is 0 Å². The second-order valence-electron chi connectivity index (χ2n) is 6.18. The zero-order chi connectivity index (χ0) is 17.6. The van der Waals surface area contributed by atoms with E-state index in [0.717, 1.165) is 18.4 Å². The van der Waals surface area contributed by atoms with Crippen molar-refractivity contribution in [3.8, 4) is 0 Å². The van der Waals surface area contributed by atoms with Crippen molar-refractivity contribution in [1.82, 2.24) is 15.2 Å². The summed E-state index contributed by atoms with van der Waals surface area (Å²) in [5.41, 5.74) is 1.54. The number of carbonyl (C=O) groups is 2. The van der Waals surface area contributed by atoms with E-state index in [1.165, 1.54) is 0 Å². The van der Waals surface area contributed by atoms with E-state index in [1.54, 1.807) is 36.7 Å². The first-order valence-corrected chi connectivity index (χ1v) is 8.73. The van der Waals surface area contributed by atoms with E-state index in [1.807, 2.05) is 17.0 Å². The summed E-state index contributed by atoms with van der Waals surface area (Å²) in [5.74, 6) is -0.00148. The average Bonchev–Trinajstić information content (AvgIpc) is 2.64. The summed E-state index contributed by atoms with van der Waals surface area (Å²) in [5, 5.41) is 3.72. The number of aromatic nitrogens is 1. The van der Waals surface area contributed by atoms with Crippen LogP contribution in [0.1, 0.15) is 28.8 Å². The summed E-state index contributed by atoms with van der Waals surface area (Å²) in [6, 6.07) is 10.9. The van der Waals surface area contributed by atoms with Crippen LogP contribution < -0.4 is 5.32 Å². The number of halogens is 1. The Morgan fingerprint density at radius 1 is 1.16 bits per heavy atom. The van der Waals surface area contributed by atoms with Gasteiger partial charge < -0.3 is 10.2 Å². The number of piperidine rings is 1. The van der Waals surface area contributed by atoms with E-state index in [9.17, 15) is 9.59 Å². The van der Waals surface area contributed by atoms with Crippen LogP contribution in [0.4, 0.5) is 0 Å². The zero-order valence-electron chi connectivity index (χ0n) is 13.8. The lowest BCUT2D eigenvalue weighted by Crippen LogP contribution is -2.46. The highest BCUT2D eigenvalue weighted by Crippen LogP contribution is 2.14. The van der Waals surface area contributed by atoms with Gasteiger partial charge in [-0.05, 0) is 42.7 Å². The number of hydrogen-bond acceptors (Lipinski definition) is 3. The Balaban J connectivity index is 1.46. The topological polar surface area (TPSA) is 62.3 Å². The summed E-state index contributed by atoms with van der Waals surface area (Å²) in [6.07, 6.45) is 5.10. The SMILES string of the molecule is O=C(Cc1ccc(Cl)cc1)NC1CCN(C(=O)c2cccnc2)CC1. The molecule has 5 nitrogen and oxygen atoms in total. The number of carbonyl (C=O) groups excluding carboxylic acids is 2. The molecular formula is C19H20ClN3O2. The van der Waals surface area contributed by atoms with Gasteiger partial charge in [0.1, 0.15) is 0 Å². The van der Waals surface area contributed by atoms with Crippen molar-refractivity contribution >= 4 is 23.4 Å². The molecular weight excluding hydrogens is 338 g/mol. The molecule has 130 valence electrons. The van der Waals surface area contributed by atoms with Crippen LogP contribution in [0.3, 0.4) is 0 Å². The summed E-state index contributed by atoms with van der Waals surface area (Å²) < 4.78 is 0. The lowest BCUT2D eigenvalue weighted by atomic mass is 10.0. The second-order valence-corrected chi connectivity index (χ2v) is 6.62. The van der Waals surface area contributed by atoms with Gasteiger partial charge in [-0.1, -0.05) is 23.7 Å². The molecule has 0 spiro atoms. The summed E-state index contributed by atoms with van der Waals surface area (Å²) in [7, 11) is 0. The highest BCUT2D eigenvalue weighted by molar-refractivity contribution is 6.30. The van der Waals surface area contributed by atoms with E-state index in [0.29, 0.717) is 30.1 Å². The molecule has 1 fully saturated rings. The van der Waals surface area contributed by atoms with Crippen LogP contribution in [-0.4, -0.2) is 40.8 Å². The van der Waals surface area contributed by atoms with Gasteiger partial charge >= 0.3 is 0 Å². The highest BCUT2D eigenvalue weighted by atomic mass is 35.5. The van der Waals surface area contributed by atoms with Gasteiger partial charge in [-0.15, -0.1) is 0 Å². The van der Waals surface area contributed by atoms with Crippen LogP contribution in [-0.2, 0) is 11.2 Å². The molecule has 0 unspecified atom stereocenters. The molecule has 1 aromatic heterocycles. The smallest absolute Gasteiger partial charge is 0.255 e. The number of amides is 2. The largest absolute Gasteiger partial charge is 0.353 e. The number of rotatable bonds is 4. The van der Waals surface area contributed by atoms with Crippen LogP contribution in [0.5, 0.6) is 0 Å². The summed E-state index contributed by atoms with van der Waals surface area (Å²) >= 11 is 5.85. The fourth-order valence-corrected chi connectivity index (χ4v) is 3.09. The molecule has 1 aliphatic heterocycles. The van der Waals surface area contributed by atoms with E-state index in [-0.39, 0.29) is 17.9 Å². The molecule has 6 heteroatoms. The van der Waals surface area contributed by atoms with Gasteiger partial charge in [0, 0.05) is 36.5 Å². The normalized spacial score (nSPS) is 15.0. The fraction of sp³-hybridized carbons (Fsp3) is 0.316. The molecule has 1 N–H and O–H groups in total. The summed E-state index contributed by atoms with van der Waals surface area (Å²) in [6.45, 7) is 1.28. The van der Waals surface area contributed by atoms with Crippen molar-refractivity contribution < 1.29 is 9.59 Å². The van der Waals surface area contributed by atoms with Gasteiger partial charge in [0.15, 0.2) is 0 Å². The maximum absolute atomic E-state index is 12.4. The minimum atomic E-state index is -0.000888. The van der Waals surface area contributed by atoms with Crippen molar-refractivity contribution in [2.75, 3.05) is 13.1 Å². The molecule has 0 aliphatic carbocycles. The van der Waals surface area contributed by atoms with E-state index in [4.69, 9.17) is 11.6 Å². The van der Waals surface area contributed by atoms with Crippen molar-refractivity contribution in [1.29, 1.82) is 0 Å². The Morgan fingerprint density at radius 3 is 2.52 bits per heavy atom. The highest BCUT2D eigenvalue weighted by Gasteiger charge is 2.24. The van der Waals surface area contributed by atoms with Crippen molar-refractivity contribution in [3.63, 3.8) is 0 Å². The molecule has 0 radical (unpaired) electrons. The Bertz CT molecular complexity index is 726. The first kappa shape index (κ1) is 17.4. The third-order valence-electron chi connectivity index (χ3n) is 4.33. The third-order valence-corrected chi connectivity index (χ3v) is 4.59. The number of pyridine rings is 1. The van der Waals surface area contributed by atoms with Crippen molar-refractivity contribution in [3.05, 3.63) is 64.9 Å². The van der Waals surface area contributed by atoms with E-state index < -0.39 is 0 Å². The predicted molar refractivity (Wildman–Crippen MR) is 96.5 cm³/mol. The van der Waals surface area contributed by atoms with Gasteiger partial charge in [-0.25, -0.2) is 0 Å². The first-order chi connectivity index (χ1) is 12.1. The standard InChI is InChI=1S/C19H20ClN3O2/c20-16-5-3-14(4-6-16)12-18(24)22-17-7-10-23(11-8-17)19(25)15-2-1-9-21-13-15/h1-6,9,13,17H,7-8,10-12H2,(H,22,24). The minimum absolute atomic E-state index is 0.000594. The number of likely N-dealkylation sites (tertiary alicyclic amines) is 1. The van der Waals surface area contributed by atoms with Crippen LogP contribution in [0.25, 0.3) is 0 Å². The van der Waals surface area contributed by atoms with Gasteiger partial charge in [-0.3, -0.25) is 14.6 Å². The predicted octanol–water partition coefficient (Wildman–Crippen LogP) is 2.70. The molecule has 0 saturated carbocycles. The quantitative estimate of drug-likeness (QED) is 0.915. The molecule has 1 saturated heterocycles. The number of hydrogen-bond donors (Lipinski definition) is 1. The lowest BCUT2D eigenvalue weighted by Gasteiger charge is -2.32. The van der Waals surface area contributed by atoms with Gasteiger partial charge in [0.05, 0.1) is 12.0 Å². The Labute approximate surface area is 152 Å². The van der Waals surface area contributed by atoms with Crippen molar-refractivity contribution in [2.45, 2.75) is 25.3 Å². The average molecular weight is 358 g/mol. The van der Waals surface area contributed by atoms with Crippen LogP contribution in [0, 0.1) is 0 Å². The van der Waals surface area contributed by atoms with Gasteiger partial charge in [0.25, 0.3) is 5.91 Å². The van der Waals surface area contributed by atoms with Crippen LogP contribution in [0.2, 0.25) is 5.02 Å². The third kappa shape index (κ3) is 4.79. The molecule has 2 aromatic rings.